The normalized spacial score (nSPS) is 11.4. The topological polar surface area (TPSA) is 67.2 Å². The van der Waals surface area contributed by atoms with Gasteiger partial charge < -0.3 is 9.84 Å². The number of nitrogens with one attached hydrogen (secondary N) is 2. The lowest BCUT2D eigenvalue weighted by Crippen LogP contribution is -2.20. The number of aryl methyl sites for hydroxylation is 2. The molecule has 0 radical (unpaired) electrons. The zero-order chi connectivity index (χ0) is 16.5. The van der Waals surface area contributed by atoms with Gasteiger partial charge in [0.2, 0.25) is 0 Å². The second kappa shape index (κ2) is 6.01. The first-order chi connectivity index (χ1) is 10.2. The van der Waals surface area contributed by atoms with E-state index in [0.29, 0.717) is 22.3 Å². The largest absolute Gasteiger partial charge is 0.359 e. The van der Waals surface area contributed by atoms with Gasteiger partial charge in [-0.05, 0) is 31.0 Å². The van der Waals surface area contributed by atoms with Crippen molar-refractivity contribution >= 4 is 29.1 Å². The molecular formula is C16H20ClN3O2. The van der Waals surface area contributed by atoms with Crippen LogP contribution in [0.5, 0.6) is 0 Å². The van der Waals surface area contributed by atoms with Crippen molar-refractivity contribution in [2.75, 3.05) is 10.6 Å². The minimum atomic E-state index is -0.414. The number of benzene rings is 1. The van der Waals surface area contributed by atoms with Crippen molar-refractivity contribution in [1.82, 2.24) is 5.16 Å². The Bertz CT molecular complexity index is 679. The van der Waals surface area contributed by atoms with E-state index in [-0.39, 0.29) is 5.41 Å². The van der Waals surface area contributed by atoms with Gasteiger partial charge in [0.15, 0.2) is 5.82 Å². The number of hydrogen-bond donors (Lipinski definition) is 2. The molecule has 6 heteroatoms. The fraction of sp³-hybridized carbons (Fsp3) is 0.375. The van der Waals surface area contributed by atoms with E-state index in [2.05, 4.69) is 15.8 Å². The lowest BCUT2D eigenvalue weighted by Gasteiger charge is -2.12. The van der Waals surface area contributed by atoms with Crippen LogP contribution in [0.2, 0.25) is 5.02 Å². The molecule has 5 nitrogen and oxygen atoms in total. The molecule has 0 fully saturated rings. The smallest absolute Gasteiger partial charge is 0.324 e. The lowest BCUT2D eigenvalue weighted by molar-refractivity contribution is 0.262. The van der Waals surface area contributed by atoms with Crippen molar-refractivity contribution in [2.24, 2.45) is 0 Å². The summed E-state index contributed by atoms with van der Waals surface area (Å²) in [6.07, 6.45) is 0. The maximum Gasteiger partial charge on any atom is 0.324 e. The number of carbonyl (C=O) groups is 1. The molecule has 0 aliphatic heterocycles. The number of aromatic nitrogens is 1. The second-order valence-corrected chi connectivity index (χ2v) is 6.75. The minimum absolute atomic E-state index is 0.166. The van der Waals surface area contributed by atoms with Gasteiger partial charge >= 0.3 is 6.03 Å². The van der Waals surface area contributed by atoms with E-state index in [4.69, 9.17) is 16.1 Å². The van der Waals surface area contributed by atoms with Crippen LogP contribution in [0.1, 0.15) is 37.7 Å². The highest BCUT2D eigenvalue weighted by Crippen LogP contribution is 2.28. The number of nitrogens with zero attached hydrogens (tertiary/aromatic N) is 1. The maximum atomic E-state index is 12.1. The number of hydrogen-bond acceptors (Lipinski definition) is 3. The highest BCUT2D eigenvalue weighted by atomic mass is 35.5. The van der Waals surface area contributed by atoms with Crippen LogP contribution in [-0.2, 0) is 5.41 Å². The number of carbonyl (C=O) groups excluding carboxylic acids is 1. The molecule has 2 aromatic rings. The van der Waals surface area contributed by atoms with E-state index in [1.54, 1.807) is 12.1 Å². The second-order valence-electron chi connectivity index (χ2n) is 6.34. The molecule has 1 aromatic heterocycles. The summed E-state index contributed by atoms with van der Waals surface area (Å²) in [6.45, 7) is 9.86. The van der Waals surface area contributed by atoms with Crippen molar-refractivity contribution in [3.05, 3.63) is 40.1 Å². The van der Waals surface area contributed by atoms with Crippen LogP contribution in [0.25, 0.3) is 0 Å². The van der Waals surface area contributed by atoms with Crippen molar-refractivity contribution in [2.45, 2.75) is 40.0 Å². The number of anilines is 2. The van der Waals surface area contributed by atoms with Crippen molar-refractivity contribution in [1.29, 1.82) is 0 Å². The summed E-state index contributed by atoms with van der Waals surface area (Å²) in [6, 6.07) is 5.05. The fourth-order valence-electron chi connectivity index (χ4n) is 2.02. The number of amides is 2. The standard InChI is InChI=1S/C16H20ClN3O2/c1-9-6-10(2)14(11(17)7-9)19-15(21)18-13-8-12(22-20-13)16(3,4)5/h6-8H,1-5H3,(H2,18,19,20,21). The molecule has 0 aliphatic carbocycles. The van der Waals surface area contributed by atoms with E-state index in [9.17, 15) is 4.79 Å². The zero-order valence-corrected chi connectivity index (χ0v) is 14.1. The van der Waals surface area contributed by atoms with Crippen LogP contribution in [-0.4, -0.2) is 11.2 Å². The van der Waals surface area contributed by atoms with E-state index < -0.39 is 6.03 Å². The van der Waals surface area contributed by atoms with Crippen LogP contribution in [0.4, 0.5) is 16.3 Å². The molecule has 0 unspecified atom stereocenters. The van der Waals surface area contributed by atoms with Gasteiger partial charge in [-0.3, -0.25) is 5.32 Å². The van der Waals surface area contributed by atoms with Gasteiger partial charge in [0.05, 0.1) is 10.7 Å². The molecule has 2 N–H and O–H groups in total. The Balaban J connectivity index is 2.09. The lowest BCUT2D eigenvalue weighted by atomic mass is 9.93. The van der Waals surface area contributed by atoms with E-state index in [0.717, 1.165) is 11.1 Å². The van der Waals surface area contributed by atoms with Crippen LogP contribution < -0.4 is 10.6 Å². The van der Waals surface area contributed by atoms with Gasteiger partial charge in [-0.2, -0.15) is 0 Å². The average Bonchev–Trinajstić information content (AvgIpc) is 2.82. The SMILES string of the molecule is Cc1cc(C)c(NC(=O)Nc2cc(C(C)(C)C)on2)c(Cl)c1. The predicted octanol–water partition coefficient (Wildman–Crippen LogP) is 4.89. The van der Waals surface area contributed by atoms with Crippen molar-refractivity contribution < 1.29 is 9.32 Å². The highest BCUT2D eigenvalue weighted by Gasteiger charge is 2.20. The molecule has 0 saturated heterocycles. The Morgan fingerprint density at radius 3 is 2.41 bits per heavy atom. The van der Waals surface area contributed by atoms with E-state index in [1.165, 1.54) is 0 Å². The molecule has 22 heavy (non-hydrogen) atoms. The Morgan fingerprint density at radius 1 is 1.18 bits per heavy atom. The molecular weight excluding hydrogens is 302 g/mol. The molecule has 1 aromatic carbocycles. The third kappa shape index (κ3) is 3.80. The summed E-state index contributed by atoms with van der Waals surface area (Å²) in [5, 5.41) is 9.72. The van der Waals surface area contributed by atoms with Gasteiger partial charge in [-0.25, -0.2) is 4.79 Å². The molecule has 0 aliphatic rings. The minimum Gasteiger partial charge on any atom is -0.359 e. The molecule has 2 rings (SSSR count). The first-order valence-electron chi connectivity index (χ1n) is 6.99. The first kappa shape index (κ1) is 16.4. The van der Waals surface area contributed by atoms with Crippen LogP contribution in [0.15, 0.2) is 22.7 Å². The van der Waals surface area contributed by atoms with Crippen LogP contribution >= 0.6 is 11.6 Å². The molecule has 0 spiro atoms. The Kier molecular flexibility index (Phi) is 4.47. The van der Waals surface area contributed by atoms with E-state index in [1.807, 2.05) is 40.7 Å². The van der Waals surface area contributed by atoms with Crippen molar-refractivity contribution in [3.8, 4) is 0 Å². The van der Waals surface area contributed by atoms with Crippen molar-refractivity contribution in [3.63, 3.8) is 0 Å². The Hall–Kier alpha value is -2.01. The fourth-order valence-corrected chi connectivity index (χ4v) is 2.39. The average molecular weight is 322 g/mol. The third-order valence-electron chi connectivity index (χ3n) is 3.16. The monoisotopic (exact) mass is 321 g/mol. The molecule has 0 atom stereocenters. The highest BCUT2D eigenvalue weighted by molar-refractivity contribution is 6.34. The van der Waals surface area contributed by atoms with Crippen LogP contribution in [0.3, 0.4) is 0 Å². The van der Waals surface area contributed by atoms with Crippen LogP contribution in [0, 0.1) is 13.8 Å². The molecule has 1 heterocycles. The quantitative estimate of drug-likeness (QED) is 0.827. The van der Waals surface area contributed by atoms with Gasteiger partial charge in [-0.15, -0.1) is 0 Å². The predicted molar refractivity (Wildman–Crippen MR) is 88.8 cm³/mol. The van der Waals surface area contributed by atoms with Gasteiger partial charge in [0.25, 0.3) is 0 Å². The summed E-state index contributed by atoms with van der Waals surface area (Å²) in [5.74, 6) is 1.07. The molecule has 0 bridgehead atoms. The molecule has 118 valence electrons. The molecule has 2 amide bonds. The summed E-state index contributed by atoms with van der Waals surface area (Å²) in [7, 11) is 0. The zero-order valence-electron chi connectivity index (χ0n) is 13.4. The summed E-state index contributed by atoms with van der Waals surface area (Å²) in [5.41, 5.74) is 2.36. The molecule has 0 saturated carbocycles. The summed E-state index contributed by atoms with van der Waals surface area (Å²) in [4.78, 5) is 12.1. The van der Waals surface area contributed by atoms with Gasteiger partial charge in [0, 0.05) is 11.5 Å². The summed E-state index contributed by atoms with van der Waals surface area (Å²) < 4.78 is 5.22. The first-order valence-corrected chi connectivity index (χ1v) is 7.36. The van der Waals surface area contributed by atoms with E-state index >= 15 is 0 Å². The Morgan fingerprint density at radius 2 is 1.86 bits per heavy atom. The third-order valence-corrected chi connectivity index (χ3v) is 3.46. The number of urea groups is 1. The van der Waals surface area contributed by atoms with Gasteiger partial charge in [0.1, 0.15) is 5.76 Å². The number of halogens is 1. The summed E-state index contributed by atoms with van der Waals surface area (Å²) >= 11 is 6.17. The number of rotatable bonds is 2. The Labute approximate surface area is 135 Å². The maximum absolute atomic E-state index is 12.1. The van der Waals surface area contributed by atoms with Gasteiger partial charge in [-0.1, -0.05) is 43.6 Å².